The van der Waals surface area contributed by atoms with Crippen molar-refractivity contribution in [3.63, 3.8) is 0 Å². The predicted molar refractivity (Wildman–Crippen MR) is 84.1 cm³/mol. The van der Waals surface area contributed by atoms with Crippen molar-refractivity contribution < 1.29 is 9.18 Å². The lowest BCUT2D eigenvalue weighted by molar-refractivity contribution is -0.114. The Bertz CT molecular complexity index is 623. The molecule has 4 heteroatoms. The molecule has 0 saturated heterocycles. The highest BCUT2D eigenvalue weighted by Crippen LogP contribution is 2.15. The van der Waals surface area contributed by atoms with Crippen molar-refractivity contribution in [1.82, 2.24) is 0 Å². The standard InChI is InChI=1S/C17H19FN2O/c1-3-13-5-8-15(9-6-13)20-17(21)11-19-16-10-14(18)7-4-12(16)2/h4-10,19H,3,11H2,1-2H3,(H,20,21). The van der Waals surface area contributed by atoms with Gasteiger partial charge in [0.25, 0.3) is 0 Å². The van der Waals surface area contributed by atoms with Crippen LogP contribution < -0.4 is 10.6 Å². The number of amides is 1. The number of hydrogen-bond donors (Lipinski definition) is 2. The SMILES string of the molecule is CCc1ccc(NC(=O)CNc2cc(F)ccc2C)cc1. The number of rotatable bonds is 5. The van der Waals surface area contributed by atoms with Crippen LogP contribution in [0.1, 0.15) is 18.1 Å². The number of halogens is 1. The number of nitrogens with one attached hydrogen (secondary N) is 2. The van der Waals surface area contributed by atoms with E-state index in [0.29, 0.717) is 5.69 Å². The molecule has 2 aromatic carbocycles. The highest BCUT2D eigenvalue weighted by molar-refractivity contribution is 5.93. The lowest BCUT2D eigenvalue weighted by atomic mass is 10.1. The molecule has 0 fully saturated rings. The number of anilines is 2. The zero-order chi connectivity index (χ0) is 15.2. The molecule has 3 nitrogen and oxygen atoms in total. The van der Waals surface area contributed by atoms with E-state index in [1.807, 2.05) is 31.2 Å². The van der Waals surface area contributed by atoms with Crippen LogP contribution in [0.3, 0.4) is 0 Å². The van der Waals surface area contributed by atoms with E-state index in [1.54, 1.807) is 6.07 Å². The van der Waals surface area contributed by atoms with Crippen molar-refractivity contribution in [2.24, 2.45) is 0 Å². The summed E-state index contributed by atoms with van der Waals surface area (Å²) in [6.45, 7) is 4.04. The van der Waals surface area contributed by atoms with Crippen molar-refractivity contribution >= 4 is 17.3 Å². The number of benzene rings is 2. The average molecular weight is 286 g/mol. The van der Waals surface area contributed by atoms with Crippen molar-refractivity contribution in [2.45, 2.75) is 20.3 Å². The Morgan fingerprint density at radius 2 is 1.86 bits per heavy atom. The third kappa shape index (κ3) is 4.31. The van der Waals surface area contributed by atoms with Crippen LogP contribution in [0, 0.1) is 12.7 Å². The zero-order valence-electron chi connectivity index (χ0n) is 12.2. The maximum Gasteiger partial charge on any atom is 0.243 e. The fourth-order valence-corrected chi connectivity index (χ4v) is 1.99. The molecule has 2 N–H and O–H groups in total. The molecule has 0 heterocycles. The minimum Gasteiger partial charge on any atom is -0.376 e. The van der Waals surface area contributed by atoms with Gasteiger partial charge in [-0.15, -0.1) is 0 Å². The fraction of sp³-hybridized carbons (Fsp3) is 0.235. The van der Waals surface area contributed by atoms with Gasteiger partial charge in [-0.3, -0.25) is 4.79 Å². The monoisotopic (exact) mass is 286 g/mol. The minimum atomic E-state index is -0.321. The molecule has 1 amide bonds. The molecular weight excluding hydrogens is 267 g/mol. The molecule has 0 bridgehead atoms. The Kier molecular flexibility index (Phi) is 4.93. The summed E-state index contributed by atoms with van der Waals surface area (Å²) in [5, 5.41) is 5.75. The molecule has 0 saturated carbocycles. The van der Waals surface area contributed by atoms with E-state index in [4.69, 9.17) is 0 Å². The maximum absolute atomic E-state index is 13.1. The second-order valence-corrected chi connectivity index (χ2v) is 4.91. The predicted octanol–water partition coefficient (Wildman–Crippen LogP) is 3.75. The second-order valence-electron chi connectivity index (χ2n) is 4.91. The average Bonchev–Trinajstić information content (AvgIpc) is 2.49. The molecule has 0 aliphatic rings. The summed E-state index contributed by atoms with van der Waals surface area (Å²) in [6.07, 6.45) is 0.967. The van der Waals surface area contributed by atoms with Gasteiger partial charge in [-0.1, -0.05) is 25.1 Å². The molecule has 0 spiro atoms. The van der Waals surface area contributed by atoms with E-state index in [9.17, 15) is 9.18 Å². The van der Waals surface area contributed by atoms with Crippen LogP contribution in [0.25, 0.3) is 0 Å². The van der Waals surface area contributed by atoms with Gasteiger partial charge in [-0.2, -0.15) is 0 Å². The Labute approximate surface area is 124 Å². The Hall–Kier alpha value is -2.36. The second kappa shape index (κ2) is 6.88. The summed E-state index contributed by atoms with van der Waals surface area (Å²) in [4.78, 5) is 11.9. The molecule has 0 radical (unpaired) electrons. The maximum atomic E-state index is 13.1. The molecule has 2 aromatic rings. The first-order chi connectivity index (χ1) is 10.1. The van der Waals surface area contributed by atoms with Gasteiger partial charge < -0.3 is 10.6 Å². The van der Waals surface area contributed by atoms with E-state index in [2.05, 4.69) is 17.6 Å². The van der Waals surface area contributed by atoms with Gasteiger partial charge in [0, 0.05) is 11.4 Å². The summed E-state index contributed by atoms with van der Waals surface area (Å²) in [6, 6.07) is 12.2. The molecule has 0 atom stereocenters. The van der Waals surface area contributed by atoms with Crippen LogP contribution >= 0.6 is 0 Å². The third-order valence-corrected chi connectivity index (χ3v) is 3.28. The van der Waals surface area contributed by atoms with Gasteiger partial charge in [0.05, 0.1) is 6.54 Å². The van der Waals surface area contributed by atoms with Crippen molar-refractivity contribution in [3.05, 3.63) is 59.4 Å². The molecule has 21 heavy (non-hydrogen) atoms. The van der Waals surface area contributed by atoms with Gasteiger partial charge in [-0.05, 0) is 48.7 Å². The molecular formula is C17H19FN2O. The lowest BCUT2D eigenvalue weighted by Gasteiger charge is -2.10. The van der Waals surface area contributed by atoms with Gasteiger partial charge >= 0.3 is 0 Å². The number of hydrogen-bond acceptors (Lipinski definition) is 2. The van der Waals surface area contributed by atoms with Gasteiger partial charge in [-0.25, -0.2) is 4.39 Å². The Balaban J connectivity index is 1.91. The molecule has 0 aliphatic carbocycles. The van der Waals surface area contributed by atoms with Crippen molar-refractivity contribution in [3.8, 4) is 0 Å². The zero-order valence-corrected chi connectivity index (χ0v) is 12.2. The quantitative estimate of drug-likeness (QED) is 0.879. The topological polar surface area (TPSA) is 41.1 Å². The Morgan fingerprint density at radius 3 is 2.52 bits per heavy atom. The summed E-state index contributed by atoms with van der Waals surface area (Å²) < 4.78 is 13.1. The molecule has 0 aliphatic heterocycles. The fourth-order valence-electron chi connectivity index (χ4n) is 1.99. The summed E-state index contributed by atoms with van der Waals surface area (Å²) in [5.74, 6) is -0.485. The lowest BCUT2D eigenvalue weighted by Crippen LogP contribution is -2.22. The van der Waals surface area contributed by atoms with E-state index in [-0.39, 0.29) is 18.3 Å². The van der Waals surface area contributed by atoms with Crippen LogP contribution in [0.15, 0.2) is 42.5 Å². The first kappa shape index (κ1) is 15.0. The van der Waals surface area contributed by atoms with Crippen LogP contribution in [0.2, 0.25) is 0 Å². The number of carbonyl (C=O) groups is 1. The van der Waals surface area contributed by atoms with Crippen LogP contribution in [0.4, 0.5) is 15.8 Å². The van der Waals surface area contributed by atoms with E-state index in [0.717, 1.165) is 17.7 Å². The largest absolute Gasteiger partial charge is 0.376 e. The first-order valence-electron chi connectivity index (χ1n) is 6.97. The van der Waals surface area contributed by atoms with Crippen molar-refractivity contribution in [2.75, 3.05) is 17.2 Å². The third-order valence-electron chi connectivity index (χ3n) is 3.28. The highest BCUT2D eigenvalue weighted by Gasteiger charge is 2.05. The number of aryl methyl sites for hydroxylation is 2. The Morgan fingerprint density at radius 1 is 1.14 bits per heavy atom. The molecule has 2 rings (SSSR count). The van der Waals surface area contributed by atoms with Gasteiger partial charge in [0.15, 0.2) is 0 Å². The minimum absolute atomic E-state index is 0.0970. The van der Waals surface area contributed by atoms with E-state index < -0.39 is 0 Å². The number of carbonyl (C=O) groups excluding carboxylic acids is 1. The van der Waals surface area contributed by atoms with Crippen molar-refractivity contribution in [1.29, 1.82) is 0 Å². The normalized spacial score (nSPS) is 10.2. The molecule has 0 aromatic heterocycles. The van der Waals surface area contributed by atoms with Crippen LogP contribution in [-0.2, 0) is 11.2 Å². The summed E-state index contributed by atoms with van der Waals surface area (Å²) in [7, 11) is 0. The van der Waals surface area contributed by atoms with E-state index in [1.165, 1.54) is 17.7 Å². The van der Waals surface area contributed by atoms with Crippen LogP contribution in [0.5, 0.6) is 0 Å². The summed E-state index contributed by atoms with van der Waals surface area (Å²) in [5.41, 5.74) is 3.51. The first-order valence-corrected chi connectivity index (χ1v) is 6.97. The van der Waals surface area contributed by atoms with Crippen LogP contribution in [-0.4, -0.2) is 12.5 Å². The van der Waals surface area contributed by atoms with E-state index >= 15 is 0 Å². The van der Waals surface area contributed by atoms with Gasteiger partial charge in [0.1, 0.15) is 5.82 Å². The molecule has 0 unspecified atom stereocenters. The highest BCUT2D eigenvalue weighted by atomic mass is 19.1. The summed E-state index contributed by atoms with van der Waals surface area (Å²) >= 11 is 0. The smallest absolute Gasteiger partial charge is 0.243 e. The molecule has 110 valence electrons. The van der Waals surface area contributed by atoms with Gasteiger partial charge in [0.2, 0.25) is 5.91 Å².